The number of anilines is 1. The van der Waals surface area contributed by atoms with Crippen molar-refractivity contribution in [2.45, 2.75) is 13.3 Å². The summed E-state index contributed by atoms with van der Waals surface area (Å²) in [5.74, 6) is 1.62. The van der Waals surface area contributed by atoms with Crippen LogP contribution in [0.15, 0.2) is 48.5 Å². The van der Waals surface area contributed by atoms with Gasteiger partial charge in [0.2, 0.25) is 0 Å². The fourth-order valence-electron chi connectivity index (χ4n) is 2.11. The number of ether oxygens (including phenoxy) is 2. The van der Waals surface area contributed by atoms with Gasteiger partial charge in [-0.3, -0.25) is 0 Å². The molecule has 0 aliphatic heterocycles. The number of hydrogen-bond acceptors (Lipinski definition) is 3. The fraction of sp³-hybridized carbons (Fsp3) is 0.278. The smallest absolute Gasteiger partial charge is 0.319 e. The third-order valence-electron chi connectivity index (χ3n) is 3.35. The molecule has 122 valence electrons. The SMILES string of the molecule is CCc1ccccc1OCCNC(=O)Nc1ccc(OC)cc1. The van der Waals surface area contributed by atoms with Crippen molar-refractivity contribution in [3.63, 3.8) is 0 Å². The van der Waals surface area contributed by atoms with Gasteiger partial charge in [0.05, 0.1) is 13.7 Å². The summed E-state index contributed by atoms with van der Waals surface area (Å²) >= 11 is 0. The average Bonchev–Trinajstić information content (AvgIpc) is 2.59. The van der Waals surface area contributed by atoms with Gasteiger partial charge >= 0.3 is 6.03 Å². The second-order valence-electron chi connectivity index (χ2n) is 4.92. The van der Waals surface area contributed by atoms with E-state index in [0.29, 0.717) is 18.8 Å². The zero-order valence-electron chi connectivity index (χ0n) is 13.5. The van der Waals surface area contributed by atoms with Crippen LogP contribution in [0.2, 0.25) is 0 Å². The lowest BCUT2D eigenvalue weighted by Crippen LogP contribution is -2.32. The first-order chi connectivity index (χ1) is 11.2. The molecule has 5 heteroatoms. The van der Waals surface area contributed by atoms with Gasteiger partial charge in [-0.2, -0.15) is 0 Å². The van der Waals surface area contributed by atoms with E-state index in [2.05, 4.69) is 17.6 Å². The minimum atomic E-state index is -0.262. The van der Waals surface area contributed by atoms with Crippen LogP contribution in [0.1, 0.15) is 12.5 Å². The van der Waals surface area contributed by atoms with Gasteiger partial charge in [-0.15, -0.1) is 0 Å². The summed E-state index contributed by atoms with van der Waals surface area (Å²) < 4.78 is 10.8. The highest BCUT2D eigenvalue weighted by Gasteiger charge is 2.03. The van der Waals surface area contributed by atoms with E-state index in [0.717, 1.165) is 23.5 Å². The Balaban J connectivity index is 1.72. The fourth-order valence-corrected chi connectivity index (χ4v) is 2.11. The number of aryl methyl sites for hydroxylation is 1. The monoisotopic (exact) mass is 314 g/mol. The van der Waals surface area contributed by atoms with Crippen molar-refractivity contribution in [1.82, 2.24) is 5.32 Å². The molecule has 0 unspecified atom stereocenters. The van der Waals surface area contributed by atoms with Crippen molar-refractivity contribution >= 4 is 11.7 Å². The predicted octanol–water partition coefficient (Wildman–Crippen LogP) is 3.46. The van der Waals surface area contributed by atoms with Gasteiger partial charge in [-0.1, -0.05) is 25.1 Å². The van der Waals surface area contributed by atoms with Crippen LogP contribution in [-0.2, 0) is 6.42 Å². The molecule has 0 heterocycles. The number of nitrogens with one attached hydrogen (secondary N) is 2. The first-order valence-electron chi connectivity index (χ1n) is 7.62. The Kier molecular flexibility index (Phi) is 6.29. The van der Waals surface area contributed by atoms with Gasteiger partial charge in [-0.05, 0) is 42.3 Å². The summed E-state index contributed by atoms with van der Waals surface area (Å²) in [6, 6.07) is 14.8. The molecule has 0 atom stereocenters. The third-order valence-corrected chi connectivity index (χ3v) is 3.35. The lowest BCUT2D eigenvalue weighted by atomic mass is 10.1. The van der Waals surface area contributed by atoms with Gasteiger partial charge in [0, 0.05) is 5.69 Å². The van der Waals surface area contributed by atoms with Crippen molar-refractivity contribution < 1.29 is 14.3 Å². The molecule has 0 saturated heterocycles. The van der Waals surface area contributed by atoms with E-state index in [1.807, 2.05) is 24.3 Å². The Hall–Kier alpha value is -2.69. The molecule has 0 saturated carbocycles. The van der Waals surface area contributed by atoms with Crippen molar-refractivity contribution in [1.29, 1.82) is 0 Å². The molecule has 2 rings (SSSR count). The first kappa shape index (κ1) is 16.7. The average molecular weight is 314 g/mol. The normalized spacial score (nSPS) is 10.0. The number of benzene rings is 2. The maximum absolute atomic E-state index is 11.8. The van der Waals surface area contributed by atoms with Crippen molar-refractivity contribution in [3.8, 4) is 11.5 Å². The van der Waals surface area contributed by atoms with Crippen molar-refractivity contribution in [2.24, 2.45) is 0 Å². The van der Waals surface area contributed by atoms with E-state index >= 15 is 0 Å². The minimum absolute atomic E-state index is 0.262. The summed E-state index contributed by atoms with van der Waals surface area (Å²) in [6.07, 6.45) is 0.918. The molecule has 2 amide bonds. The molecule has 0 radical (unpaired) electrons. The van der Waals surface area contributed by atoms with Crippen LogP contribution in [-0.4, -0.2) is 26.3 Å². The van der Waals surface area contributed by atoms with Gasteiger partial charge < -0.3 is 20.1 Å². The zero-order chi connectivity index (χ0) is 16.5. The molecule has 0 aliphatic rings. The van der Waals surface area contributed by atoms with Gasteiger partial charge in [0.1, 0.15) is 18.1 Å². The number of hydrogen-bond donors (Lipinski definition) is 2. The van der Waals surface area contributed by atoms with Crippen LogP contribution < -0.4 is 20.1 Å². The molecular weight excluding hydrogens is 292 g/mol. The number of carbonyl (C=O) groups is 1. The van der Waals surface area contributed by atoms with E-state index in [1.54, 1.807) is 31.4 Å². The molecule has 2 N–H and O–H groups in total. The Labute approximate surface area is 136 Å². The van der Waals surface area contributed by atoms with Gasteiger partial charge in [-0.25, -0.2) is 4.79 Å². The lowest BCUT2D eigenvalue weighted by Gasteiger charge is -2.11. The van der Waals surface area contributed by atoms with Crippen LogP contribution in [0, 0.1) is 0 Å². The van der Waals surface area contributed by atoms with E-state index in [4.69, 9.17) is 9.47 Å². The number of carbonyl (C=O) groups excluding carboxylic acids is 1. The van der Waals surface area contributed by atoms with E-state index in [9.17, 15) is 4.79 Å². The largest absolute Gasteiger partial charge is 0.497 e. The molecule has 0 bridgehead atoms. The number of rotatable bonds is 7. The van der Waals surface area contributed by atoms with Gasteiger partial charge in [0.15, 0.2) is 0 Å². The summed E-state index contributed by atoms with van der Waals surface area (Å²) in [5.41, 5.74) is 1.87. The minimum Gasteiger partial charge on any atom is -0.497 e. The number of amides is 2. The summed E-state index contributed by atoms with van der Waals surface area (Å²) in [7, 11) is 1.60. The van der Waals surface area contributed by atoms with Crippen LogP contribution in [0.5, 0.6) is 11.5 Å². The Morgan fingerprint density at radius 3 is 2.52 bits per heavy atom. The molecule has 23 heavy (non-hydrogen) atoms. The summed E-state index contributed by atoms with van der Waals surface area (Å²) in [6.45, 7) is 2.94. The molecule has 2 aromatic carbocycles. The summed E-state index contributed by atoms with van der Waals surface area (Å²) in [4.78, 5) is 11.8. The maximum atomic E-state index is 11.8. The topological polar surface area (TPSA) is 59.6 Å². The van der Waals surface area contributed by atoms with Gasteiger partial charge in [0.25, 0.3) is 0 Å². The zero-order valence-corrected chi connectivity index (χ0v) is 13.5. The maximum Gasteiger partial charge on any atom is 0.319 e. The molecule has 2 aromatic rings. The molecular formula is C18H22N2O3. The summed E-state index contributed by atoms with van der Waals surface area (Å²) in [5, 5.41) is 5.51. The highest BCUT2D eigenvalue weighted by molar-refractivity contribution is 5.89. The van der Waals surface area contributed by atoms with Crippen molar-refractivity contribution in [2.75, 3.05) is 25.6 Å². The molecule has 0 aromatic heterocycles. The Morgan fingerprint density at radius 2 is 1.83 bits per heavy atom. The predicted molar refractivity (Wildman–Crippen MR) is 91.3 cm³/mol. The van der Waals surface area contributed by atoms with Crippen LogP contribution >= 0.6 is 0 Å². The van der Waals surface area contributed by atoms with Crippen LogP contribution in [0.25, 0.3) is 0 Å². The quantitative estimate of drug-likeness (QED) is 0.770. The number of urea groups is 1. The molecule has 0 aliphatic carbocycles. The molecule has 0 fully saturated rings. The lowest BCUT2D eigenvalue weighted by molar-refractivity contribution is 0.247. The highest BCUT2D eigenvalue weighted by atomic mass is 16.5. The standard InChI is InChI=1S/C18H22N2O3/c1-3-14-6-4-5-7-17(14)23-13-12-19-18(21)20-15-8-10-16(22-2)11-9-15/h4-11H,3,12-13H2,1-2H3,(H2,19,20,21). The molecule has 0 spiro atoms. The Bertz CT molecular complexity index is 626. The second-order valence-corrected chi connectivity index (χ2v) is 4.92. The highest BCUT2D eigenvalue weighted by Crippen LogP contribution is 2.18. The third kappa shape index (κ3) is 5.21. The number of para-hydroxylation sites is 1. The second kappa shape index (κ2) is 8.68. The van der Waals surface area contributed by atoms with Crippen LogP contribution in [0.4, 0.5) is 10.5 Å². The first-order valence-corrected chi connectivity index (χ1v) is 7.62. The van der Waals surface area contributed by atoms with Crippen molar-refractivity contribution in [3.05, 3.63) is 54.1 Å². The van der Waals surface area contributed by atoms with E-state index < -0.39 is 0 Å². The van der Waals surface area contributed by atoms with E-state index in [-0.39, 0.29) is 6.03 Å². The van der Waals surface area contributed by atoms with Crippen LogP contribution in [0.3, 0.4) is 0 Å². The molecule has 5 nitrogen and oxygen atoms in total. The van der Waals surface area contributed by atoms with E-state index in [1.165, 1.54) is 0 Å². The Morgan fingerprint density at radius 1 is 1.09 bits per heavy atom. The number of methoxy groups -OCH3 is 1.